The third-order valence-electron chi connectivity index (χ3n) is 4.25. The standard InChI is InChI=1S/C19H20FNO2/c1-2-13-11-21(17-9-4-3-8-16(13)17)19(18(23)12-22)14-6-5-7-15(20)10-14/h3-11,18-19,22-23H,2,12H2,1H3/t18-,19+/m1/s1. The number of aliphatic hydroxyl groups is 2. The van der Waals surface area contributed by atoms with E-state index >= 15 is 0 Å². The summed E-state index contributed by atoms with van der Waals surface area (Å²) in [6, 6.07) is 13.6. The quantitative estimate of drug-likeness (QED) is 0.759. The minimum atomic E-state index is -1.02. The predicted molar refractivity (Wildman–Crippen MR) is 88.9 cm³/mol. The average molecular weight is 313 g/mol. The molecule has 1 aromatic heterocycles. The largest absolute Gasteiger partial charge is 0.394 e. The normalized spacial score (nSPS) is 14.1. The average Bonchev–Trinajstić information content (AvgIpc) is 2.94. The van der Waals surface area contributed by atoms with Gasteiger partial charge in [-0.25, -0.2) is 4.39 Å². The Kier molecular flexibility index (Phi) is 4.46. The van der Waals surface area contributed by atoms with E-state index in [1.54, 1.807) is 12.1 Å². The summed E-state index contributed by atoms with van der Waals surface area (Å²) in [6.07, 6.45) is 1.83. The van der Waals surface area contributed by atoms with E-state index in [0.717, 1.165) is 22.9 Å². The number of halogens is 1. The molecule has 0 aliphatic rings. The molecule has 1 heterocycles. The van der Waals surface area contributed by atoms with E-state index in [-0.39, 0.29) is 5.82 Å². The number of para-hydroxylation sites is 1. The minimum absolute atomic E-state index is 0.357. The van der Waals surface area contributed by atoms with Crippen LogP contribution < -0.4 is 0 Å². The Hall–Kier alpha value is -2.17. The molecule has 0 aliphatic heterocycles. The van der Waals surface area contributed by atoms with E-state index in [9.17, 15) is 14.6 Å². The lowest BCUT2D eigenvalue weighted by Gasteiger charge is -2.25. The van der Waals surface area contributed by atoms with Gasteiger partial charge in [-0.3, -0.25) is 0 Å². The highest BCUT2D eigenvalue weighted by Crippen LogP contribution is 2.31. The van der Waals surface area contributed by atoms with Crippen molar-refractivity contribution in [3.63, 3.8) is 0 Å². The Morgan fingerprint density at radius 3 is 2.61 bits per heavy atom. The van der Waals surface area contributed by atoms with Crippen molar-refractivity contribution in [1.29, 1.82) is 0 Å². The second-order valence-electron chi connectivity index (χ2n) is 5.68. The number of aromatic nitrogens is 1. The molecule has 0 saturated carbocycles. The zero-order chi connectivity index (χ0) is 16.4. The first-order valence-electron chi connectivity index (χ1n) is 7.78. The zero-order valence-corrected chi connectivity index (χ0v) is 13.0. The van der Waals surface area contributed by atoms with Crippen LogP contribution in [0.4, 0.5) is 4.39 Å². The topological polar surface area (TPSA) is 45.4 Å². The van der Waals surface area contributed by atoms with Crippen LogP contribution in [0.2, 0.25) is 0 Å². The Bertz CT molecular complexity index is 812. The van der Waals surface area contributed by atoms with E-state index in [4.69, 9.17) is 0 Å². The monoisotopic (exact) mass is 313 g/mol. The first-order chi connectivity index (χ1) is 11.2. The van der Waals surface area contributed by atoms with Crippen molar-refractivity contribution in [3.05, 3.63) is 71.7 Å². The molecule has 0 aliphatic carbocycles. The van der Waals surface area contributed by atoms with Gasteiger partial charge in [-0.15, -0.1) is 0 Å². The highest BCUT2D eigenvalue weighted by molar-refractivity contribution is 5.84. The van der Waals surface area contributed by atoms with E-state index in [1.807, 2.05) is 35.0 Å². The predicted octanol–water partition coefficient (Wildman–Crippen LogP) is 3.29. The molecule has 3 nitrogen and oxygen atoms in total. The molecular weight excluding hydrogens is 293 g/mol. The van der Waals surface area contributed by atoms with Crippen LogP contribution >= 0.6 is 0 Å². The van der Waals surface area contributed by atoms with Crippen molar-refractivity contribution in [2.75, 3.05) is 6.61 Å². The summed E-state index contributed by atoms with van der Waals surface area (Å²) in [6.45, 7) is 1.68. The molecule has 3 aromatic rings. The van der Waals surface area contributed by atoms with Gasteiger partial charge in [0.2, 0.25) is 0 Å². The Morgan fingerprint density at radius 2 is 1.91 bits per heavy atom. The molecule has 3 rings (SSSR count). The number of hydrogen-bond donors (Lipinski definition) is 2. The number of fused-ring (bicyclic) bond motifs is 1. The summed E-state index contributed by atoms with van der Waals surface area (Å²) in [7, 11) is 0. The van der Waals surface area contributed by atoms with Crippen molar-refractivity contribution in [2.24, 2.45) is 0 Å². The van der Waals surface area contributed by atoms with Crippen molar-refractivity contribution in [1.82, 2.24) is 4.57 Å². The van der Waals surface area contributed by atoms with Crippen LogP contribution in [0.1, 0.15) is 24.1 Å². The summed E-state index contributed by atoms with van der Waals surface area (Å²) in [5.74, 6) is -0.357. The minimum Gasteiger partial charge on any atom is -0.394 e. The summed E-state index contributed by atoms with van der Waals surface area (Å²) in [4.78, 5) is 0. The van der Waals surface area contributed by atoms with Gasteiger partial charge in [-0.2, -0.15) is 0 Å². The van der Waals surface area contributed by atoms with Crippen LogP contribution in [0.3, 0.4) is 0 Å². The fraction of sp³-hybridized carbons (Fsp3) is 0.263. The molecule has 23 heavy (non-hydrogen) atoms. The molecule has 2 N–H and O–H groups in total. The van der Waals surface area contributed by atoms with Crippen molar-refractivity contribution < 1.29 is 14.6 Å². The number of nitrogens with zero attached hydrogens (tertiary/aromatic N) is 1. The molecule has 0 bridgehead atoms. The van der Waals surface area contributed by atoms with Crippen LogP contribution in [0.15, 0.2) is 54.7 Å². The first kappa shape index (κ1) is 15.7. The molecular formula is C19H20FNO2. The summed E-state index contributed by atoms with van der Waals surface area (Å²) in [5, 5.41) is 21.0. The molecule has 2 atom stereocenters. The van der Waals surface area contributed by atoms with Crippen LogP contribution in [-0.2, 0) is 6.42 Å². The van der Waals surface area contributed by atoms with Crippen molar-refractivity contribution in [2.45, 2.75) is 25.5 Å². The smallest absolute Gasteiger partial charge is 0.123 e. The highest BCUT2D eigenvalue weighted by Gasteiger charge is 2.25. The van der Waals surface area contributed by atoms with Crippen molar-refractivity contribution >= 4 is 10.9 Å². The fourth-order valence-corrected chi connectivity index (χ4v) is 3.15. The second kappa shape index (κ2) is 6.52. The number of aliphatic hydroxyl groups excluding tert-OH is 2. The van der Waals surface area contributed by atoms with Crippen LogP contribution in [0.5, 0.6) is 0 Å². The third-order valence-corrected chi connectivity index (χ3v) is 4.25. The molecule has 0 radical (unpaired) electrons. The number of rotatable bonds is 5. The van der Waals surface area contributed by atoms with Gasteiger partial charge in [-0.1, -0.05) is 37.3 Å². The van der Waals surface area contributed by atoms with Gasteiger partial charge in [0.15, 0.2) is 0 Å². The van der Waals surface area contributed by atoms with Crippen LogP contribution in [0, 0.1) is 5.82 Å². The van der Waals surface area contributed by atoms with Crippen LogP contribution in [-0.4, -0.2) is 27.5 Å². The maximum Gasteiger partial charge on any atom is 0.123 e. The number of aryl methyl sites for hydroxylation is 1. The van der Waals surface area contributed by atoms with Crippen molar-refractivity contribution in [3.8, 4) is 0 Å². The highest BCUT2D eigenvalue weighted by atomic mass is 19.1. The fourth-order valence-electron chi connectivity index (χ4n) is 3.15. The van der Waals surface area contributed by atoms with E-state index in [1.165, 1.54) is 12.1 Å². The third kappa shape index (κ3) is 2.87. The summed E-state index contributed by atoms with van der Waals surface area (Å²) >= 11 is 0. The lowest BCUT2D eigenvalue weighted by atomic mass is 10.0. The second-order valence-corrected chi connectivity index (χ2v) is 5.68. The van der Waals surface area contributed by atoms with Gasteiger partial charge in [0.05, 0.1) is 12.6 Å². The SMILES string of the molecule is CCc1cn([C@@H](c2cccc(F)c2)[C@H](O)CO)c2ccccc12. The van der Waals surface area contributed by atoms with Gasteiger partial charge >= 0.3 is 0 Å². The molecule has 0 amide bonds. The van der Waals surface area contributed by atoms with Gasteiger partial charge in [0.1, 0.15) is 11.9 Å². The summed E-state index contributed by atoms with van der Waals surface area (Å²) < 4.78 is 15.6. The number of hydrogen-bond acceptors (Lipinski definition) is 2. The Balaban J connectivity index is 2.22. The van der Waals surface area contributed by atoms with Gasteiger partial charge in [-0.05, 0) is 35.7 Å². The lowest BCUT2D eigenvalue weighted by Crippen LogP contribution is -2.28. The van der Waals surface area contributed by atoms with E-state index in [2.05, 4.69) is 6.92 Å². The molecule has 0 spiro atoms. The Morgan fingerprint density at radius 1 is 1.13 bits per heavy atom. The Labute approximate surface area is 134 Å². The molecule has 2 aromatic carbocycles. The first-order valence-corrected chi connectivity index (χ1v) is 7.78. The van der Waals surface area contributed by atoms with E-state index < -0.39 is 18.8 Å². The summed E-state index contributed by atoms with van der Waals surface area (Å²) in [5.41, 5.74) is 2.76. The van der Waals surface area contributed by atoms with E-state index in [0.29, 0.717) is 5.56 Å². The van der Waals surface area contributed by atoms with Gasteiger partial charge < -0.3 is 14.8 Å². The molecule has 120 valence electrons. The number of benzene rings is 2. The molecule has 0 saturated heterocycles. The zero-order valence-electron chi connectivity index (χ0n) is 13.0. The van der Waals surface area contributed by atoms with Crippen LogP contribution in [0.25, 0.3) is 10.9 Å². The maximum atomic E-state index is 13.6. The van der Waals surface area contributed by atoms with Gasteiger partial charge in [0, 0.05) is 17.1 Å². The van der Waals surface area contributed by atoms with Gasteiger partial charge in [0.25, 0.3) is 0 Å². The lowest BCUT2D eigenvalue weighted by molar-refractivity contribution is 0.0652. The molecule has 4 heteroatoms. The molecule has 0 unspecified atom stereocenters. The maximum absolute atomic E-state index is 13.6. The molecule has 0 fully saturated rings.